The molecule has 0 atom stereocenters. The minimum absolute atomic E-state index is 0.806. The number of aromatic nitrogens is 3. The molecule has 0 bridgehead atoms. The maximum absolute atomic E-state index is 4.61. The number of nitrogens with zero attached hydrogens (tertiary/aromatic N) is 4. The van der Waals surface area contributed by atoms with Crippen molar-refractivity contribution in [2.24, 2.45) is 5.92 Å². The highest BCUT2D eigenvalue weighted by Crippen LogP contribution is 2.32. The molecule has 1 N–H and O–H groups in total. The summed E-state index contributed by atoms with van der Waals surface area (Å²) < 4.78 is 2.12. The van der Waals surface area contributed by atoms with Gasteiger partial charge in [0.1, 0.15) is 0 Å². The number of hydrogen-bond donors (Lipinski definition) is 1. The third-order valence-electron chi connectivity index (χ3n) is 4.34. The molecule has 1 aromatic carbocycles. The van der Waals surface area contributed by atoms with E-state index in [-0.39, 0.29) is 0 Å². The van der Waals surface area contributed by atoms with Crippen LogP contribution in [-0.2, 0) is 0 Å². The van der Waals surface area contributed by atoms with Gasteiger partial charge in [-0.1, -0.05) is 18.2 Å². The van der Waals surface area contributed by atoms with Crippen molar-refractivity contribution in [2.75, 3.05) is 30.9 Å². The Balaban J connectivity index is 1.78. The van der Waals surface area contributed by atoms with E-state index >= 15 is 0 Å². The first-order valence-corrected chi connectivity index (χ1v) is 8.06. The lowest BCUT2D eigenvalue weighted by molar-refractivity contribution is 0.881. The van der Waals surface area contributed by atoms with Crippen LogP contribution in [0.2, 0.25) is 0 Å². The van der Waals surface area contributed by atoms with Crippen LogP contribution < -0.4 is 10.2 Å². The summed E-state index contributed by atoms with van der Waals surface area (Å²) in [5, 5.41) is 3.45. The molecule has 4 rings (SSSR count). The number of hydrogen-bond acceptors (Lipinski definition) is 4. The second kappa shape index (κ2) is 5.57. The lowest BCUT2D eigenvalue weighted by Crippen LogP contribution is -2.10. The van der Waals surface area contributed by atoms with Crippen molar-refractivity contribution in [1.29, 1.82) is 0 Å². The zero-order valence-corrected chi connectivity index (χ0v) is 13.5. The molecule has 0 radical (unpaired) electrons. The molecule has 5 nitrogen and oxygen atoms in total. The van der Waals surface area contributed by atoms with E-state index in [9.17, 15) is 0 Å². The Morgan fingerprint density at radius 1 is 1.22 bits per heavy atom. The Hall–Kier alpha value is -2.56. The molecule has 23 heavy (non-hydrogen) atoms. The van der Waals surface area contributed by atoms with E-state index in [0.717, 1.165) is 29.6 Å². The Kier molecular flexibility index (Phi) is 3.41. The number of para-hydroxylation sites is 1. The highest BCUT2D eigenvalue weighted by atomic mass is 15.1. The maximum Gasteiger partial charge on any atom is 0.180 e. The molecule has 0 unspecified atom stereocenters. The topological polar surface area (TPSA) is 45.5 Å². The monoisotopic (exact) mass is 307 g/mol. The summed E-state index contributed by atoms with van der Waals surface area (Å²) in [6.07, 6.45) is 8.40. The summed E-state index contributed by atoms with van der Waals surface area (Å²) in [4.78, 5) is 11.2. The molecule has 2 heterocycles. The Bertz CT molecular complexity index is 832. The summed E-state index contributed by atoms with van der Waals surface area (Å²) in [7, 11) is 4.12. The number of nitrogens with one attached hydrogen (secondary N) is 1. The van der Waals surface area contributed by atoms with Crippen molar-refractivity contribution in [1.82, 2.24) is 14.4 Å². The van der Waals surface area contributed by atoms with Gasteiger partial charge < -0.3 is 10.2 Å². The standard InChI is InChI=1S/C18H21N5/c1-22(2)15-6-4-3-5-14(15)16-12-21-18-17(19-9-10-23(16)18)20-11-13-7-8-13/h3-6,9-10,12-13H,7-8,11H2,1-2H3,(H,19,20). The van der Waals surface area contributed by atoms with Gasteiger partial charge in [0.25, 0.3) is 0 Å². The number of rotatable bonds is 5. The van der Waals surface area contributed by atoms with E-state index in [1.54, 1.807) is 0 Å². The zero-order chi connectivity index (χ0) is 15.8. The maximum atomic E-state index is 4.61. The molecule has 3 aromatic rings. The molecular formula is C18H21N5. The van der Waals surface area contributed by atoms with Gasteiger partial charge in [-0.3, -0.25) is 4.40 Å². The van der Waals surface area contributed by atoms with Crippen LogP contribution in [0.5, 0.6) is 0 Å². The fourth-order valence-corrected chi connectivity index (χ4v) is 2.89. The average Bonchev–Trinajstić information content (AvgIpc) is 3.30. The highest BCUT2D eigenvalue weighted by Gasteiger charge is 2.21. The lowest BCUT2D eigenvalue weighted by atomic mass is 10.1. The fraction of sp³-hybridized carbons (Fsp3) is 0.333. The van der Waals surface area contributed by atoms with Gasteiger partial charge in [0.05, 0.1) is 11.9 Å². The Morgan fingerprint density at radius 2 is 2.04 bits per heavy atom. The molecule has 0 amide bonds. The largest absolute Gasteiger partial charge is 0.377 e. The van der Waals surface area contributed by atoms with Crippen LogP contribution in [0.4, 0.5) is 11.5 Å². The summed E-state index contributed by atoms with van der Waals surface area (Å²) in [5.41, 5.74) is 4.32. The van der Waals surface area contributed by atoms with E-state index in [1.165, 1.54) is 24.1 Å². The smallest absolute Gasteiger partial charge is 0.180 e. The second-order valence-corrected chi connectivity index (χ2v) is 6.35. The highest BCUT2D eigenvalue weighted by molar-refractivity contribution is 5.79. The quantitative estimate of drug-likeness (QED) is 0.785. The summed E-state index contributed by atoms with van der Waals surface area (Å²) >= 11 is 0. The first-order valence-electron chi connectivity index (χ1n) is 8.06. The number of fused-ring (bicyclic) bond motifs is 1. The molecule has 0 spiro atoms. The number of anilines is 2. The zero-order valence-electron chi connectivity index (χ0n) is 13.5. The molecule has 118 valence electrons. The Labute approximate surface area is 136 Å². The average molecular weight is 307 g/mol. The number of benzene rings is 1. The van der Waals surface area contributed by atoms with Gasteiger partial charge >= 0.3 is 0 Å². The molecule has 0 aliphatic heterocycles. The van der Waals surface area contributed by atoms with Gasteiger partial charge in [-0.15, -0.1) is 0 Å². The van der Waals surface area contributed by atoms with Gasteiger partial charge in [-0.25, -0.2) is 9.97 Å². The number of imidazole rings is 1. The van der Waals surface area contributed by atoms with Gasteiger partial charge in [0.15, 0.2) is 11.5 Å². The van der Waals surface area contributed by atoms with Gasteiger partial charge in [-0.05, 0) is 24.8 Å². The van der Waals surface area contributed by atoms with E-state index in [2.05, 4.69) is 62.9 Å². The van der Waals surface area contributed by atoms with Crippen molar-refractivity contribution in [3.8, 4) is 11.3 Å². The fourth-order valence-electron chi connectivity index (χ4n) is 2.89. The van der Waals surface area contributed by atoms with Crippen molar-refractivity contribution in [3.63, 3.8) is 0 Å². The van der Waals surface area contributed by atoms with Crippen LogP contribution >= 0.6 is 0 Å². The van der Waals surface area contributed by atoms with Crippen molar-refractivity contribution in [2.45, 2.75) is 12.8 Å². The van der Waals surface area contributed by atoms with Crippen LogP contribution in [0.1, 0.15) is 12.8 Å². The van der Waals surface area contributed by atoms with Gasteiger partial charge in [0.2, 0.25) is 0 Å². The van der Waals surface area contributed by atoms with Crippen molar-refractivity contribution >= 4 is 17.2 Å². The molecule has 1 aliphatic rings. The molecule has 1 saturated carbocycles. The third-order valence-corrected chi connectivity index (χ3v) is 4.34. The normalized spacial score (nSPS) is 14.2. The molecule has 2 aromatic heterocycles. The summed E-state index contributed by atoms with van der Waals surface area (Å²) in [5.74, 6) is 1.67. The van der Waals surface area contributed by atoms with E-state index in [1.807, 2.05) is 18.6 Å². The SMILES string of the molecule is CN(C)c1ccccc1-c1cnc2c(NCC3CC3)nccn12. The van der Waals surface area contributed by atoms with E-state index in [0.29, 0.717) is 0 Å². The van der Waals surface area contributed by atoms with Gasteiger partial charge in [-0.2, -0.15) is 0 Å². The van der Waals surface area contributed by atoms with Crippen LogP contribution in [0.3, 0.4) is 0 Å². The predicted molar refractivity (Wildman–Crippen MR) is 94.0 cm³/mol. The molecular weight excluding hydrogens is 286 g/mol. The summed E-state index contributed by atoms with van der Waals surface area (Å²) in [6.45, 7) is 0.989. The van der Waals surface area contributed by atoms with Crippen LogP contribution in [0.25, 0.3) is 16.9 Å². The van der Waals surface area contributed by atoms with Gasteiger partial charge in [0, 0.05) is 44.3 Å². The summed E-state index contributed by atoms with van der Waals surface area (Å²) in [6, 6.07) is 8.39. The predicted octanol–water partition coefficient (Wildman–Crippen LogP) is 3.28. The molecule has 1 fully saturated rings. The third kappa shape index (κ3) is 2.63. The molecule has 1 aliphatic carbocycles. The van der Waals surface area contributed by atoms with E-state index < -0.39 is 0 Å². The second-order valence-electron chi connectivity index (χ2n) is 6.35. The molecule has 5 heteroatoms. The first kappa shape index (κ1) is 14.1. The van der Waals surface area contributed by atoms with E-state index in [4.69, 9.17) is 0 Å². The van der Waals surface area contributed by atoms with Crippen molar-refractivity contribution in [3.05, 3.63) is 42.9 Å². The van der Waals surface area contributed by atoms with Crippen LogP contribution in [-0.4, -0.2) is 35.0 Å². The van der Waals surface area contributed by atoms with Crippen LogP contribution in [0, 0.1) is 5.92 Å². The molecule has 0 saturated heterocycles. The lowest BCUT2D eigenvalue weighted by Gasteiger charge is -2.17. The first-order chi connectivity index (χ1) is 11.2. The Morgan fingerprint density at radius 3 is 2.83 bits per heavy atom. The minimum atomic E-state index is 0.806. The van der Waals surface area contributed by atoms with Crippen LogP contribution in [0.15, 0.2) is 42.9 Å². The minimum Gasteiger partial charge on any atom is -0.377 e. The van der Waals surface area contributed by atoms with Crippen molar-refractivity contribution < 1.29 is 0 Å².